The first-order chi connectivity index (χ1) is 19.3. The van der Waals surface area contributed by atoms with Gasteiger partial charge < -0.3 is 14.8 Å². The maximum absolute atomic E-state index is 12.9. The molecule has 0 bridgehead atoms. The fourth-order valence-electron chi connectivity index (χ4n) is 3.49. The molecule has 0 aliphatic rings. The van der Waals surface area contributed by atoms with Gasteiger partial charge in [-0.25, -0.2) is 32.7 Å². The van der Waals surface area contributed by atoms with Gasteiger partial charge in [-0.05, 0) is 48.5 Å². The molecule has 0 radical (unpaired) electrons. The molecule has 3 N–H and O–H groups in total. The van der Waals surface area contributed by atoms with Crippen molar-refractivity contribution in [2.24, 2.45) is 0 Å². The van der Waals surface area contributed by atoms with Crippen molar-refractivity contribution in [1.82, 2.24) is 19.7 Å². The molecule has 4 aromatic rings. The summed E-state index contributed by atoms with van der Waals surface area (Å²) in [5, 5.41) is 12.6. The first-order valence-corrected chi connectivity index (χ1v) is 14.1. The lowest BCUT2D eigenvalue weighted by atomic mass is 9.92. The van der Waals surface area contributed by atoms with Crippen molar-refractivity contribution in [3.8, 4) is 17.3 Å². The molecular formula is C27H29N7O6S. The van der Waals surface area contributed by atoms with E-state index in [0.29, 0.717) is 22.9 Å². The number of carbonyl (C=O) groups excluding carboxylic acids is 2. The average Bonchev–Trinajstić information content (AvgIpc) is 3.34. The summed E-state index contributed by atoms with van der Waals surface area (Å²) in [6.07, 6.45) is 1.70. The summed E-state index contributed by atoms with van der Waals surface area (Å²) in [4.78, 5) is 32.4. The van der Waals surface area contributed by atoms with Gasteiger partial charge in [-0.15, -0.1) is 0 Å². The highest BCUT2D eigenvalue weighted by Gasteiger charge is 2.22. The summed E-state index contributed by atoms with van der Waals surface area (Å²) < 4.78 is 35.5. The molecule has 0 fully saturated rings. The van der Waals surface area contributed by atoms with Crippen LogP contribution in [0, 0.1) is 0 Å². The van der Waals surface area contributed by atoms with Gasteiger partial charge in [0.05, 0.1) is 23.4 Å². The van der Waals surface area contributed by atoms with Crippen LogP contribution in [0.25, 0.3) is 5.69 Å². The Hall–Kier alpha value is -4.98. The Morgan fingerprint density at radius 2 is 1.59 bits per heavy atom. The zero-order chi connectivity index (χ0) is 29.8. The molecule has 3 amide bonds. The van der Waals surface area contributed by atoms with Crippen LogP contribution in [-0.4, -0.2) is 53.7 Å². The van der Waals surface area contributed by atoms with E-state index >= 15 is 0 Å². The molecule has 13 nitrogen and oxygen atoms in total. The van der Waals surface area contributed by atoms with Crippen LogP contribution >= 0.6 is 0 Å². The lowest BCUT2D eigenvalue weighted by Gasteiger charge is -2.14. The topological polar surface area (TPSA) is 166 Å². The number of ether oxygens (including phenoxy) is 2. The van der Waals surface area contributed by atoms with E-state index in [0.717, 1.165) is 11.9 Å². The lowest BCUT2D eigenvalue weighted by molar-refractivity contribution is 0.187. The summed E-state index contributed by atoms with van der Waals surface area (Å²) in [7, 11) is -2.12. The smallest absolute Gasteiger partial charge is 0.412 e. The standard InChI is InChI=1S/C27H29N7O6S/c1-27(2,3)21-14-23(34(33-21)18-8-12-20(13-9-18)41(5,37)38)32-25(35)30-17-6-10-19(11-7-17)40-24-15-22(28-16-29-24)31-26(36)39-4/h6-16H,1-5H3,(H2,30,32,35)(H,28,29,31,36). The number of aromatic nitrogens is 4. The third-order valence-electron chi connectivity index (χ3n) is 5.62. The first kappa shape index (κ1) is 29.0. The molecule has 2 aromatic carbocycles. The average molecular weight is 580 g/mol. The van der Waals surface area contributed by atoms with Crippen molar-refractivity contribution in [3.63, 3.8) is 0 Å². The van der Waals surface area contributed by atoms with Crippen LogP contribution in [0.4, 0.5) is 26.9 Å². The molecule has 0 atom stereocenters. The fraction of sp³-hybridized carbons (Fsp3) is 0.222. The SMILES string of the molecule is COC(=O)Nc1cc(Oc2ccc(NC(=O)Nc3cc(C(C)(C)C)nn3-c3ccc(S(C)(=O)=O)cc3)cc2)ncn1. The van der Waals surface area contributed by atoms with Crippen molar-refractivity contribution < 1.29 is 27.5 Å². The van der Waals surface area contributed by atoms with E-state index in [-0.39, 0.29) is 22.0 Å². The predicted molar refractivity (Wildman–Crippen MR) is 153 cm³/mol. The van der Waals surface area contributed by atoms with Gasteiger partial charge in [0, 0.05) is 29.5 Å². The number of anilines is 3. The minimum Gasteiger partial charge on any atom is -0.453 e. The number of methoxy groups -OCH3 is 1. The molecule has 14 heteroatoms. The number of nitrogens with one attached hydrogen (secondary N) is 3. The number of nitrogens with zero attached hydrogens (tertiary/aromatic N) is 4. The molecule has 214 valence electrons. The Morgan fingerprint density at radius 1 is 0.902 bits per heavy atom. The Bertz CT molecular complexity index is 1660. The van der Waals surface area contributed by atoms with Crippen LogP contribution in [0.2, 0.25) is 0 Å². The summed E-state index contributed by atoms with van der Waals surface area (Å²) in [5.41, 5.74) is 1.50. The predicted octanol–water partition coefficient (Wildman–Crippen LogP) is 4.98. The monoisotopic (exact) mass is 579 g/mol. The third kappa shape index (κ3) is 7.57. The van der Waals surface area contributed by atoms with Crippen LogP contribution in [0.3, 0.4) is 0 Å². The molecular weight excluding hydrogens is 550 g/mol. The minimum atomic E-state index is -3.36. The van der Waals surface area contributed by atoms with Crippen LogP contribution in [0.1, 0.15) is 26.5 Å². The summed E-state index contributed by atoms with van der Waals surface area (Å²) in [6.45, 7) is 5.99. The van der Waals surface area contributed by atoms with E-state index in [1.165, 1.54) is 31.6 Å². The quantitative estimate of drug-likeness (QED) is 0.274. The van der Waals surface area contributed by atoms with Gasteiger partial charge in [-0.2, -0.15) is 5.10 Å². The molecule has 0 unspecified atom stereocenters. The first-order valence-electron chi connectivity index (χ1n) is 12.3. The summed E-state index contributed by atoms with van der Waals surface area (Å²) in [6, 6.07) is 15.5. The van der Waals surface area contributed by atoms with Crippen LogP contribution in [0.15, 0.2) is 71.9 Å². The van der Waals surface area contributed by atoms with E-state index in [4.69, 9.17) is 4.74 Å². The van der Waals surface area contributed by atoms with E-state index in [1.807, 2.05) is 20.8 Å². The second kappa shape index (κ2) is 11.6. The van der Waals surface area contributed by atoms with E-state index in [9.17, 15) is 18.0 Å². The molecule has 0 aliphatic heterocycles. The molecule has 2 aromatic heterocycles. The number of urea groups is 1. The fourth-order valence-corrected chi connectivity index (χ4v) is 4.12. The third-order valence-corrected chi connectivity index (χ3v) is 6.75. The van der Waals surface area contributed by atoms with Gasteiger partial charge in [0.15, 0.2) is 9.84 Å². The second-order valence-electron chi connectivity index (χ2n) is 9.91. The highest BCUT2D eigenvalue weighted by Crippen LogP contribution is 2.27. The number of carbonyl (C=O) groups is 2. The van der Waals surface area contributed by atoms with Gasteiger partial charge in [0.1, 0.15) is 23.7 Å². The van der Waals surface area contributed by atoms with Crippen molar-refractivity contribution >= 4 is 39.3 Å². The largest absolute Gasteiger partial charge is 0.453 e. The Balaban J connectivity index is 1.46. The number of amides is 3. The Labute approximate surface area is 236 Å². The number of rotatable bonds is 7. The van der Waals surface area contributed by atoms with E-state index < -0.39 is 22.0 Å². The maximum Gasteiger partial charge on any atom is 0.412 e. The van der Waals surface area contributed by atoms with Crippen LogP contribution in [-0.2, 0) is 20.0 Å². The molecule has 41 heavy (non-hydrogen) atoms. The molecule has 0 saturated heterocycles. The molecule has 0 spiro atoms. The zero-order valence-corrected chi connectivity index (χ0v) is 23.8. The number of hydrogen-bond acceptors (Lipinski definition) is 9. The van der Waals surface area contributed by atoms with Crippen molar-refractivity contribution in [1.29, 1.82) is 0 Å². The van der Waals surface area contributed by atoms with Gasteiger partial charge >= 0.3 is 12.1 Å². The van der Waals surface area contributed by atoms with Gasteiger partial charge in [-0.3, -0.25) is 10.6 Å². The Kier molecular flexibility index (Phi) is 8.23. The molecule has 4 rings (SSSR count). The lowest BCUT2D eigenvalue weighted by Crippen LogP contribution is -2.21. The van der Waals surface area contributed by atoms with Gasteiger partial charge in [0.2, 0.25) is 5.88 Å². The number of sulfone groups is 1. The van der Waals surface area contributed by atoms with Crippen LogP contribution in [0.5, 0.6) is 11.6 Å². The van der Waals surface area contributed by atoms with Crippen molar-refractivity contribution in [2.45, 2.75) is 31.1 Å². The van der Waals surface area contributed by atoms with Gasteiger partial charge in [-0.1, -0.05) is 20.8 Å². The second-order valence-corrected chi connectivity index (χ2v) is 11.9. The van der Waals surface area contributed by atoms with E-state index in [1.54, 1.807) is 47.1 Å². The highest BCUT2D eigenvalue weighted by molar-refractivity contribution is 7.90. The molecule has 0 aliphatic carbocycles. The maximum atomic E-state index is 12.9. The van der Waals surface area contributed by atoms with E-state index in [2.05, 4.69) is 35.8 Å². The van der Waals surface area contributed by atoms with Crippen molar-refractivity contribution in [3.05, 3.63) is 72.7 Å². The number of benzene rings is 2. The Morgan fingerprint density at radius 3 is 2.20 bits per heavy atom. The number of hydrogen-bond donors (Lipinski definition) is 3. The van der Waals surface area contributed by atoms with Gasteiger partial charge in [0.25, 0.3) is 0 Å². The minimum absolute atomic E-state index is 0.183. The molecule has 0 saturated carbocycles. The van der Waals surface area contributed by atoms with Crippen molar-refractivity contribution in [2.75, 3.05) is 29.3 Å². The summed E-state index contributed by atoms with van der Waals surface area (Å²) >= 11 is 0. The molecule has 2 heterocycles. The highest BCUT2D eigenvalue weighted by atomic mass is 32.2. The van der Waals surface area contributed by atoms with Crippen LogP contribution < -0.4 is 20.7 Å². The zero-order valence-electron chi connectivity index (χ0n) is 23.0. The normalized spacial score (nSPS) is 11.4. The summed E-state index contributed by atoms with van der Waals surface area (Å²) in [5.74, 6) is 1.23.